The molecule has 0 amide bonds. The fraction of sp³-hybridized carbons (Fsp3) is 0.500. The summed E-state index contributed by atoms with van der Waals surface area (Å²) in [6.45, 7) is -0.566. The van der Waals surface area contributed by atoms with E-state index in [9.17, 15) is 5.11 Å². The van der Waals surface area contributed by atoms with E-state index in [1.165, 1.54) is 0 Å². The number of ether oxygens (including phenoxy) is 1. The summed E-state index contributed by atoms with van der Waals surface area (Å²) in [6, 6.07) is 0. The molecule has 1 radical (unpaired) electrons. The Kier molecular flexibility index (Phi) is 3.73. The van der Waals surface area contributed by atoms with Crippen LogP contribution in [0.2, 0.25) is 0 Å². The van der Waals surface area contributed by atoms with Crippen molar-refractivity contribution in [3.63, 3.8) is 0 Å². The zero-order valence-corrected chi connectivity index (χ0v) is 3.33. The fourth-order valence-corrected chi connectivity index (χ4v) is 0.0833. The number of rotatable bonds is 2. The Morgan fingerprint density at radius 1 is 2.00 bits per heavy atom. The Hall–Kier alpha value is -0.150. The maximum atomic E-state index is 9.21. The van der Waals surface area contributed by atoms with Crippen LogP contribution in [-0.4, -0.2) is 12.3 Å². The van der Waals surface area contributed by atoms with Crippen LogP contribution in [0.1, 0.15) is 0 Å². The van der Waals surface area contributed by atoms with E-state index in [0.717, 1.165) is 5.55 Å². The van der Waals surface area contributed by atoms with E-state index in [1.54, 1.807) is 0 Å². The quantitative estimate of drug-likeness (QED) is 0.362. The van der Waals surface area contributed by atoms with Crippen LogP contribution in [0, 0.1) is 0 Å². The van der Waals surface area contributed by atoms with Gasteiger partial charge in [-0.15, -0.1) is 0 Å². The molecule has 0 aliphatic rings. The second kappa shape index (κ2) is 3.85. The number of hydrogen-bond donors (Lipinski definition) is 0. The van der Waals surface area contributed by atoms with Crippen LogP contribution in [0.3, 0.4) is 0 Å². The standard InChI is InChI=1S/C2H3O2S/c3-1-4-2-5/h2H,1H2. The molecule has 0 rings (SSSR count). The van der Waals surface area contributed by atoms with Crippen molar-refractivity contribution in [2.75, 3.05) is 6.79 Å². The van der Waals surface area contributed by atoms with Gasteiger partial charge in [-0.3, -0.25) is 0 Å². The summed E-state index contributed by atoms with van der Waals surface area (Å²) < 4.78 is 3.97. The summed E-state index contributed by atoms with van der Waals surface area (Å²) in [6.07, 6.45) is 0. The van der Waals surface area contributed by atoms with Crippen LogP contribution >= 0.6 is 12.2 Å². The molecule has 0 aromatic rings. The van der Waals surface area contributed by atoms with Gasteiger partial charge >= 0.3 is 0 Å². The molecular weight excluding hydrogens is 88.1 g/mol. The van der Waals surface area contributed by atoms with Crippen molar-refractivity contribution in [1.29, 1.82) is 0 Å². The molecular formula is C2H3O2S. The van der Waals surface area contributed by atoms with Crippen LogP contribution < -0.4 is 0 Å². The minimum Gasteiger partial charge on any atom is -0.461 e. The normalized spacial score (nSPS) is 6.60. The smallest absolute Gasteiger partial charge is 0.221 e. The van der Waals surface area contributed by atoms with Gasteiger partial charge in [-0.05, 0) is 12.2 Å². The van der Waals surface area contributed by atoms with Gasteiger partial charge in [-0.1, -0.05) is 0 Å². The Labute approximate surface area is 35.4 Å². The van der Waals surface area contributed by atoms with E-state index in [-0.39, 0.29) is 0 Å². The molecule has 0 aliphatic carbocycles. The lowest BCUT2D eigenvalue weighted by molar-refractivity contribution is 0.0360. The van der Waals surface area contributed by atoms with Crippen LogP contribution in [0.4, 0.5) is 0 Å². The molecule has 2 nitrogen and oxygen atoms in total. The van der Waals surface area contributed by atoms with Gasteiger partial charge in [0.15, 0.2) is 0 Å². The molecule has 0 spiro atoms. The molecule has 0 N–H and O–H groups in total. The molecule has 3 heteroatoms. The maximum Gasteiger partial charge on any atom is 0.221 e. The van der Waals surface area contributed by atoms with Gasteiger partial charge < -0.3 is 4.74 Å². The first kappa shape index (κ1) is 4.85. The van der Waals surface area contributed by atoms with Crippen LogP contribution in [0.25, 0.3) is 0 Å². The Morgan fingerprint density at radius 2 is 2.60 bits per heavy atom. The Bertz CT molecular complexity index is 28.8. The summed E-state index contributed by atoms with van der Waals surface area (Å²) in [5, 5.41) is 9.21. The highest BCUT2D eigenvalue weighted by Crippen LogP contribution is 1.56. The average molecular weight is 91.1 g/mol. The van der Waals surface area contributed by atoms with Gasteiger partial charge in [0.1, 0.15) is 5.55 Å². The first-order chi connectivity index (χ1) is 2.41. The van der Waals surface area contributed by atoms with Crippen LogP contribution in [-0.2, 0) is 9.84 Å². The van der Waals surface area contributed by atoms with E-state index in [0.29, 0.717) is 0 Å². The first-order valence-corrected chi connectivity index (χ1v) is 1.52. The van der Waals surface area contributed by atoms with Crippen molar-refractivity contribution in [3.8, 4) is 0 Å². The highest BCUT2D eigenvalue weighted by Gasteiger charge is 1.61. The van der Waals surface area contributed by atoms with Gasteiger partial charge in [-0.2, -0.15) is 5.11 Å². The van der Waals surface area contributed by atoms with Gasteiger partial charge in [0, 0.05) is 0 Å². The Morgan fingerprint density at radius 3 is 2.60 bits per heavy atom. The number of thiocarbonyl (C=S) groups is 1. The summed E-state index contributed by atoms with van der Waals surface area (Å²) in [5.74, 6) is 0. The van der Waals surface area contributed by atoms with Gasteiger partial charge in [-0.25, -0.2) is 0 Å². The predicted octanol–water partition coefficient (Wildman–Crippen LogP) is 0.348. The lowest BCUT2D eigenvalue weighted by Crippen LogP contribution is -1.81. The van der Waals surface area contributed by atoms with E-state index < -0.39 is 6.79 Å². The van der Waals surface area contributed by atoms with Crippen LogP contribution in [0.15, 0.2) is 0 Å². The predicted molar refractivity (Wildman–Crippen MR) is 20.3 cm³/mol. The fourth-order valence-electron chi connectivity index (χ4n) is 0.0278. The SMILES string of the molecule is [O]COC=S. The lowest BCUT2D eigenvalue weighted by Gasteiger charge is -1.79. The molecule has 0 aromatic heterocycles. The van der Waals surface area contributed by atoms with Crippen LogP contribution in [0.5, 0.6) is 0 Å². The van der Waals surface area contributed by atoms with Gasteiger partial charge in [0.25, 0.3) is 0 Å². The second-order valence-electron chi connectivity index (χ2n) is 0.381. The monoisotopic (exact) mass is 91.0 g/mol. The minimum atomic E-state index is -0.566. The summed E-state index contributed by atoms with van der Waals surface area (Å²) >= 11 is 4.10. The molecule has 0 aromatic carbocycles. The topological polar surface area (TPSA) is 29.1 Å². The zero-order valence-electron chi connectivity index (χ0n) is 2.51. The summed E-state index contributed by atoms with van der Waals surface area (Å²) in [4.78, 5) is 0. The highest BCUT2D eigenvalue weighted by atomic mass is 32.1. The third-order valence-electron chi connectivity index (χ3n) is 0.136. The van der Waals surface area contributed by atoms with Crippen molar-refractivity contribution in [2.45, 2.75) is 0 Å². The minimum absolute atomic E-state index is 0.566. The largest absolute Gasteiger partial charge is 0.461 e. The third-order valence-corrected chi connectivity index (χ3v) is 0.272. The molecule has 0 fully saturated rings. The molecule has 29 valence electrons. The van der Waals surface area contributed by atoms with E-state index >= 15 is 0 Å². The summed E-state index contributed by atoms with van der Waals surface area (Å²) in [5.41, 5.74) is 0.951. The summed E-state index contributed by atoms with van der Waals surface area (Å²) in [7, 11) is 0. The van der Waals surface area contributed by atoms with Gasteiger partial charge in [0.05, 0.1) is 0 Å². The lowest BCUT2D eigenvalue weighted by atomic mass is 11.4. The van der Waals surface area contributed by atoms with Crippen molar-refractivity contribution in [1.82, 2.24) is 0 Å². The van der Waals surface area contributed by atoms with Gasteiger partial charge in [0.2, 0.25) is 6.79 Å². The van der Waals surface area contributed by atoms with Crippen molar-refractivity contribution in [3.05, 3.63) is 0 Å². The van der Waals surface area contributed by atoms with E-state index in [1.807, 2.05) is 0 Å². The average Bonchev–Trinajstić information content (AvgIpc) is 1.41. The van der Waals surface area contributed by atoms with Crippen molar-refractivity contribution >= 4 is 17.8 Å². The third kappa shape index (κ3) is 3.85. The van der Waals surface area contributed by atoms with E-state index in [2.05, 4.69) is 17.0 Å². The molecule has 5 heavy (non-hydrogen) atoms. The number of hydrogen-bond acceptors (Lipinski definition) is 2. The second-order valence-corrected chi connectivity index (χ2v) is 0.573. The molecule has 0 unspecified atom stereocenters. The molecule has 0 aliphatic heterocycles. The molecule has 0 bridgehead atoms. The molecule has 0 heterocycles. The maximum absolute atomic E-state index is 9.21. The Balaban J connectivity index is 2.40. The highest BCUT2D eigenvalue weighted by molar-refractivity contribution is 7.78. The molecule has 0 saturated heterocycles. The zero-order chi connectivity index (χ0) is 4.12. The molecule has 0 saturated carbocycles. The molecule has 0 atom stereocenters. The first-order valence-electron chi connectivity index (χ1n) is 1.05. The van der Waals surface area contributed by atoms with E-state index in [4.69, 9.17) is 0 Å². The van der Waals surface area contributed by atoms with Crippen molar-refractivity contribution < 1.29 is 9.84 Å². The van der Waals surface area contributed by atoms with Crippen molar-refractivity contribution in [2.24, 2.45) is 0 Å².